The van der Waals surface area contributed by atoms with Crippen molar-refractivity contribution in [3.05, 3.63) is 28.2 Å². The third-order valence-electron chi connectivity index (χ3n) is 3.24. The average molecular weight is 330 g/mol. The summed E-state index contributed by atoms with van der Waals surface area (Å²) >= 11 is 3.53. The summed E-state index contributed by atoms with van der Waals surface area (Å²) in [6, 6.07) is 6.72. The Labute approximate surface area is 124 Å². The Bertz CT molecular complexity index is 384. The summed E-state index contributed by atoms with van der Waals surface area (Å²) in [7, 11) is 5.46. The minimum Gasteiger partial charge on any atom is -0.496 e. The van der Waals surface area contributed by atoms with Crippen LogP contribution in [0.3, 0.4) is 0 Å². The maximum atomic E-state index is 5.25. The van der Waals surface area contributed by atoms with Crippen molar-refractivity contribution in [2.75, 3.05) is 27.9 Å². The number of rotatable bonds is 8. The van der Waals surface area contributed by atoms with Crippen LogP contribution in [0.15, 0.2) is 22.7 Å². The fourth-order valence-corrected chi connectivity index (χ4v) is 2.85. The van der Waals surface area contributed by atoms with Gasteiger partial charge in [-0.3, -0.25) is 0 Å². The molecule has 3 nitrogen and oxygen atoms in total. The second-order valence-corrected chi connectivity index (χ2v) is 5.81. The molecule has 19 heavy (non-hydrogen) atoms. The van der Waals surface area contributed by atoms with Crippen molar-refractivity contribution >= 4 is 15.9 Å². The molecule has 0 heterocycles. The number of methoxy groups -OCH3 is 2. The first-order valence-electron chi connectivity index (χ1n) is 6.59. The van der Waals surface area contributed by atoms with Crippen molar-refractivity contribution in [2.24, 2.45) is 5.92 Å². The lowest BCUT2D eigenvalue weighted by molar-refractivity contribution is 0.150. The molecule has 1 aromatic carbocycles. The van der Waals surface area contributed by atoms with Gasteiger partial charge in [-0.2, -0.15) is 0 Å². The van der Waals surface area contributed by atoms with Gasteiger partial charge in [0.1, 0.15) is 5.75 Å². The molecule has 0 bridgehead atoms. The molecule has 0 fully saturated rings. The molecule has 0 aliphatic carbocycles. The van der Waals surface area contributed by atoms with E-state index in [0.717, 1.165) is 29.7 Å². The van der Waals surface area contributed by atoms with Crippen LogP contribution in [0.1, 0.15) is 18.9 Å². The Balaban J connectivity index is 2.62. The molecule has 0 saturated heterocycles. The molecule has 0 aliphatic rings. The number of hydrogen-bond acceptors (Lipinski definition) is 3. The molecule has 2 unspecified atom stereocenters. The van der Waals surface area contributed by atoms with Crippen LogP contribution in [-0.2, 0) is 11.2 Å². The highest BCUT2D eigenvalue weighted by Crippen LogP contribution is 2.26. The van der Waals surface area contributed by atoms with Crippen LogP contribution >= 0.6 is 15.9 Å². The normalized spacial score (nSPS) is 14.2. The zero-order valence-corrected chi connectivity index (χ0v) is 13.8. The number of nitrogens with one attached hydrogen (secondary N) is 1. The predicted octanol–water partition coefficient (Wildman–Crippen LogP) is 3.26. The maximum absolute atomic E-state index is 5.25. The Kier molecular flexibility index (Phi) is 7.42. The molecule has 4 heteroatoms. The van der Waals surface area contributed by atoms with E-state index < -0.39 is 0 Å². The summed E-state index contributed by atoms with van der Waals surface area (Å²) < 4.78 is 11.5. The molecule has 1 aromatic rings. The van der Waals surface area contributed by atoms with E-state index in [1.165, 1.54) is 5.56 Å². The standard InChI is InChI=1S/C15H24BrNO2/c1-11(10-18-3)7-13(17-2)8-12-5-6-15(19-4)14(16)9-12/h5-6,9,11,13,17H,7-8,10H2,1-4H3. The van der Waals surface area contributed by atoms with Gasteiger partial charge in [0.05, 0.1) is 11.6 Å². The number of hydrogen-bond donors (Lipinski definition) is 1. The zero-order chi connectivity index (χ0) is 14.3. The molecule has 0 spiro atoms. The van der Waals surface area contributed by atoms with Gasteiger partial charge in [-0.15, -0.1) is 0 Å². The van der Waals surface area contributed by atoms with Crippen LogP contribution in [0, 0.1) is 5.92 Å². The van der Waals surface area contributed by atoms with Crippen molar-refractivity contribution in [3.63, 3.8) is 0 Å². The zero-order valence-electron chi connectivity index (χ0n) is 12.2. The lowest BCUT2D eigenvalue weighted by Gasteiger charge is -2.20. The van der Waals surface area contributed by atoms with E-state index in [1.807, 2.05) is 13.1 Å². The molecule has 108 valence electrons. The third kappa shape index (κ3) is 5.51. The summed E-state index contributed by atoms with van der Waals surface area (Å²) in [5.74, 6) is 1.43. The summed E-state index contributed by atoms with van der Waals surface area (Å²) in [4.78, 5) is 0. The summed E-state index contributed by atoms with van der Waals surface area (Å²) in [6.07, 6.45) is 2.11. The summed E-state index contributed by atoms with van der Waals surface area (Å²) in [5, 5.41) is 3.39. The van der Waals surface area contributed by atoms with Gasteiger partial charge in [0.2, 0.25) is 0 Å². The van der Waals surface area contributed by atoms with Crippen LogP contribution in [0.2, 0.25) is 0 Å². The van der Waals surface area contributed by atoms with Gasteiger partial charge in [0.25, 0.3) is 0 Å². The van der Waals surface area contributed by atoms with Crippen molar-refractivity contribution in [1.82, 2.24) is 5.32 Å². The third-order valence-corrected chi connectivity index (χ3v) is 3.86. The smallest absolute Gasteiger partial charge is 0.133 e. The van der Waals surface area contributed by atoms with Gasteiger partial charge in [-0.1, -0.05) is 13.0 Å². The first-order chi connectivity index (χ1) is 9.10. The van der Waals surface area contributed by atoms with Gasteiger partial charge < -0.3 is 14.8 Å². The summed E-state index contributed by atoms with van der Waals surface area (Å²) in [5.41, 5.74) is 1.30. The number of benzene rings is 1. The van der Waals surface area contributed by atoms with E-state index in [1.54, 1.807) is 14.2 Å². The molecular formula is C15H24BrNO2. The van der Waals surface area contributed by atoms with Crippen LogP contribution in [-0.4, -0.2) is 33.9 Å². The predicted molar refractivity (Wildman–Crippen MR) is 82.9 cm³/mol. The van der Waals surface area contributed by atoms with Crippen molar-refractivity contribution in [2.45, 2.75) is 25.8 Å². The van der Waals surface area contributed by atoms with Crippen LogP contribution in [0.25, 0.3) is 0 Å². The first kappa shape index (κ1) is 16.5. The Morgan fingerprint density at radius 3 is 2.58 bits per heavy atom. The van der Waals surface area contributed by atoms with Crippen LogP contribution in [0.4, 0.5) is 0 Å². The van der Waals surface area contributed by atoms with E-state index >= 15 is 0 Å². The summed E-state index contributed by atoms with van der Waals surface area (Å²) in [6.45, 7) is 3.03. The second-order valence-electron chi connectivity index (χ2n) is 4.95. The fraction of sp³-hybridized carbons (Fsp3) is 0.600. The Morgan fingerprint density at radius 2 is 2.05 bits per heavy atom. The molecule has 2 atom stereocenters. The quantitative estimate of drug-likeness (QED) is 0.794. The topological polar surface area (TPSA) is 30.5 Å². The minimum atomic E-state index is 0.463. The monoisotopic (exact) mass is 329 g/mol. The maximum Gasteiger partial charge on any atom is 0.133 e. The highest BCUT2D eigenvalue weighted by Gasteiger charge is 2.13. The van der Waals surface area contributed by atoms with E-state index in [2.05, 4.69) is 40.3 Å². The second kappa shape index (κ2) is 8.56. The molecule has 0 aromatic heterocycles. The molecule has 0 amide bonds. The molecule has 0 radical (unpaired) electrons. The molecule has 0 saturated carbocycles. The van der Waals surface area contributed by atoms with Crippen molar-refractivity contribution in [1.29, 1.82) is 0 Å². The van der Waals surface area contributed by atoms with Gasteiger partial charge in [0.15, 0.2) is 0 Å². The van der Waals surface area contributed by atoms with Gasteiger partial charge in [0, 0.05) is 19.8 Å². The largest absolute Gasteiger partial charge is 0.496 e. The molecule has 1 rings (SSSR count). The fourth-order valence-electron chi connectivity index (χ4n) is 2.26. The number of ether oxygens (including phenoxy) is 2. The molecule has 0 aliphatic heterocycles. The van der Waals surface area contributed by atoms with Crippen LogP contribution in [0.5, 0.6) is 5.75 Å². The van der Waals surface area contributed by atoms with E-state index in [-0.39, 0.29) is 0 Å². The van der Waals surface area contributed by atoms with Gasteiger partial charge in [-0.25, -0.2) is 0 Å². The first-order valence-corrected chi connectivity index (χ1v) is 7.38. The highest BCUT2D eigenvalue weighted by atomic mass is 79.9. The lowest BCUT2D eigenvalue weighted by Crippen LogP contribution is -2.30. The number of halogens is 1. The van der Waals surface area contributed by atoms with E-state index in [0.29, 0.717) is 12.0 Å². The van der Waals surface area contributed by atoms with Crippen molar-refractivity contribution in [3.8, 4) is 5.75 Å². The lowest BCUT2D eigenvalue weighted by atomic mass is 9.96. The van der Waals surface area contributed by atoms with Gasteiger partial charge in [-0.05, 0) is 59.4 Å². The molecule has 1 N–H and O–H groups in total. The van der Waals surface area contributed by atoms with Crippen molar-refractivity contribution < 1.29 is 9.47 Å². The van der Waals surface area contributed by atoms with E-state index in [4.69, 9.17) is 9.47 Å². The molecular weight excluding hydrogens is 306 g/mol. The Morgan fingerprint density at radius 1 is 1.32 bits per heavy atom. The SMILES string of the molecule is CNC(Cc1ccc(OC)c(Br)c1)CC(C)COC. The minimum absolute atomic E-state index is 0.463. The highest BCUT2D eigenvalue weighted by molar-refractivity contribution is 9.10. The Hall–Kier alpha value is -0.580. The van der Waals surface area contributed by atoms with Crippen LogP contribution < -0.4 is 10.1 Å². The van der Waals surface area contributed by atoms with E-state index in [9.17, 15) is 0 Å². The van der Waals surface area contributed by atoms with Gasteiger partial charge >= 0.3 is 0 Å². The number of likely N-dealkylation sites (N-methyl/N-ethyl adjacent to an activating group) is 1. The average Bonchev–Trinajstić information content (AvgIpc) is 2.38.